The first-order valence-electron chi connectivity index (χ1n) is 23.4. The number of aliphatic hydroxyl groups excluding tert-OH is 8. The quantitative estimate of drug-likeness (QED) is 0.135. The van der Waals surface area contributed by atoms with E-state index in [0.29, 0.717) is 31.5 Å². The molecular formula is C46H74O17. The highest BCUT2D eigenvalue weighted by Crippen LogP contribution is 2.80. The number of hydrogen-bond acceptors (Lipinski definition) is 17. The van der Waals surface area contributed by atoms with Gasteiger partial charge in [-0.05, 0) is 93.3 Å². The van der Waals surface area contributed by atoms with Gasteiger partial charge in [-0.2, -0.15) is 0 Å². The van der Waals surface area contributed by atoms with E-state index in [-0.39, 0.29) is 52.1 Å². The third-order valence-electron chi connectivity index (χ3n) is 18.6. The molecule has 5 saturated heterocycles. The molecule has 24 atom stereocenters. The predicted molar refractivity (Wildman–Crippen MR) is 219 cm³/mol. The highest BCUT2D eigenvalue weighted by atomic mass is 16.8. The Morgan fingerprint density at radius 2 is 1.48 bits per heavy atom. The highest BCUT2D eigenvalue weighted by molar-refractivity contribution is 5.28. The van der Waals surface area contributed by atoms with Gasteiger partial charge in [0, 0.05) is 23.7 Å². The van der Waals surface area contributed by atoms with Gasteiger partial charge in [-0.3, -0.25) is 0 Å². The van der Waals surface area contributed by atoms with Crippen LogP contribution in [0.15, 0.2) is 11.6 Å². The van der Waals surface area contributed by atoms with Crippen LogP contribution in [0, 0.1) is 51.2 Å². The van der Waals surface area contributed by atoms with Gasteiger partial charge in [0.25, 0.3) is 0 Å². The zero-order valence-corrected chi connectivity index (χ0v) is 37.8. The van der Waals surface area contributed by atoms with E-state index in [1.165, 1.54) is 5.57 Å². The number of fused-ring (bicyclic) bond motifs is 4. The second-order valence-electron chi connectivity index (χ2n) is 22.5. The summed E-state index contributed by atoms with van der Waals surface area (Å²) in [5.74, 6) is 0.0473. The first-order chi connectivity index (χ1) is 29.6. The summed E-state index contributed by atoms with van der Waals surface area (Å²) in [4.78, 5) is 0. The van der Waals surface area contributed by atoms with Crippen LogP contribution in [0.5, 0.6) is 0 Å². The smallest absolute Gasteiger partial charge is 0.187 e. The van der Waals surface area contributed by atoms with Crippen LogP contribution in [0.4, 0.5) is 0 Å². The molecule has 0 aromatic heterocycles. The minimum Gasteiger partial charge on any atom is -0.394 e. The Morgan fingerprint density at radius 3 is 2.17 bits per heavy atom. The summed E-state index contributed by atoms with van der Waals surface area (Å²) in [6, 6.07) is 0. The molecule has 17 nitrogen and oxygen atoms in total. The molecule has 4 aliphatic carbocycles. The Bertz CT molecular complexity index is 1710. The molecule has 0 aromatic rings. The molecule has 63 heavy (non-hydrogen) atoms. The van der Waals surface area contributed by atoms with Crippen LogP contribution in [0.2, 0.25) is 0 Å². The van der Waals surface area contributed by atoms with Crippen molar-refractivity contribution < 1.29 is 83.9 Å². The van der Waals surface area contributed by atoms with E-state index in [0.717, 1.165) is 38.5 Å². The van der Waals surface area contributed by atoms with E-state index < -0.39 is 105 Å². The summed E-state index contributed by atoms with van der Waals surface area (Å²) in [6.07, 6.45) is -10.5. The Balaban J connectivity index is 0.909. The lowest BCUT2D eigenvalue weighted by molar-refractivity contribution is -0.351. The maximum absolute atomic E-state index is 12.5. The SMILES string of the molecule is CC(C)=CC1COC23CC4(CO2)C2CCC5C(C)(C)C(OC6OC(C(COC7OC(CO)C(O)C7O)OC7OCC(O)C(O)C7O)C(O)C6O)CCC5(C)C2CCC4(C)C3C1(C)O. The third-order valence-corrected chi connectivity index (χ3v) is 18.6. The van der Waals surface area contributed by atoms with E-state index in [4.69, 9.17) is 37.9 Å². The molecule has 0 aromatic carbocycles. The Kier molecular flexibility index (Phi) is 12.2. The number of hydrogen-bond donors (Lipinski definition) is 9. The molecule has 24 unspecified atom stereocenters. The van der Waals surface area contributed by atoms with Crippen LogP contribution in [0.3, 0.4) is 0 Å². The van der Waals surface area contributed by atoms with Gasteiger partial charge >= 0.3 is 0 Å². The number of aliphatic hydroxyl groups is 9. The molecule has 2 bridgehead atoms. The molecule has 9 N–H and O–H groups in total. The monoisotopic (exact) mass is 898 g/mol. The fraction of sp³-hybridized carbons (Fsp3) is 0.957. The number of ether oxygens (including phenoxy) is 8. The minimum atomic E-state index is -1.70. The van der Waals surface area contributed by atoms with Crippen LogP contribution in [0.25, 0.3) is 0 Å². The van der Waals surface area contributed by atoms with Gasteiger partial charge in [0.15, 0.2) is 24.7 Å². The summed E-state index contributed by atoms with van der Waals surface area (Å²) < 4.78 is 49.3. The minimum absolute atomic E-state index is 0.0260. The van der Waals surface area contributed by atoms with Crippen molar-refractivity contribution in [3.8, 4) is 0 Å². The normalized spacial score (nSPS) is 56.3. The summed E-state index contributed by atoms with van der Waals surface area (Å²) >= 11 is 0. The van der Waals surface area contributed by atoms with Crippen molar-refractivity contribution in [2.24, 2.45) is 51.2 Å². The van der Waals surface area contributed by atoms with Crippen molar-refractivity contribution in [2.75, 3.05) is 33.0 Å². The van der Waals surface area contributed by atoms with Gasteiger partial charge in [-0.15, -0.1) is 0 Å². The van der Waals surface area contributed by atoms with Gasteiger partial charge in [0.2, 0.25) is 0 Å². The molecule has 2 spiro atoms. The molecule has 360 valence electrons. The van der Waals surface area contributed by atoms with Crippen LogP contribution in [-0.4, -0.2) is 176 Å². The first kappa shape index (κ1) is 47.1. The average molecular weight is 899 g/mol. The van der Waals surface area contributed by atoms with Gasteiger partial charge in [0.05, 0.1) is 44.7 Å². The van der Waals surface area contributed by atoms with E-state index in [9.17, 15) is 46.0 Å². The Morgan fingerprint density at radius 1 is 0.762 bits per heavy atom. The lowest BCUT2D eigenvalue weighted by Crippen LogP contribution is -2.68. The molecule has 9 fully saturated rings. The van der Waals surface area contributed by atoms with Crippen LogP contribution in [0.1, 0.15) is 93.4 Å². The topological polar surface area (TPSA) is 256 Å². The van der Waals surface area contributed by atoms with Gasteiger partial charge in [-0.1, -0.05) is 39.3 Å². The largest absolute Gasteiger partial charge is 0.394 e. The van der Waals surface area contributed by atoms with E-state index in [1.807, 2.05) is 6.92 Å². The van der Waals surface area contributed by atoms with Crippen molar-refractivity contribution in [1.82, 2.24) is 0 Å². The lowest BCUT2D eigenvalue weighted by atomic mass is 9.37. The highest BCUT2D eigenvalue weighted by Gasteiger charge is 2.82. The van der Waals surface area contributed by atoms with Crippen molar-refractivity contribution in [3.63, 3.8) is 0 Å². The lowest BCUT2D eigenvalue weighted by Gasteiger charge is -2.69. The van der Waals surface area contributed by atoms with Gasteiger partial charge in [-0.25, -0.2) is 0 Å². The van der Waals surface area contributed by atoms with Crippen molar-refractivity contribution in [2.45, 2.75) is 191 Å². The van der Waals surface area contributed by atoms with Crippen LogP contribution >= 0.6 is 0 Å². The molecule has 5 aliphatic heterocycles. The second-order valence-corrected chi connectivity index (χ2v) is 22.5. The molecule has 9 aliphatic rings. The van der Waals surface area contributed by atoms with Crippen molar-refractivity contribution >= 4 is 0 Å². The molecule has 17 heteroatoms. The fourth-order valence-corrected chi connectivity index (χ4v) is 15.5. The van der Waals surface area contributed by atoms with E-state index >= 15 is 0 Å². The van der Waals surface area contributed by atoms with Crippen molar-refractivity contribution in [1.29, 1.82) is 0 Å². The number of allylic oxidation sites excluding steroid dienone is 1. The average Bonchev–Trinajstić information content (AvgIpc) is 3.90. The van der Waals surface area contributed by atoms with Gasteiger partial charge < -0.3 is 83.9 Å². The summed E-state index contributed by atoms with van der Waals surface area (Å²) in [6.45, 7) is 15.2. The van der Waals surface area contributed by atoms with Crippen molar-refractivity contribution in [3.05, 3.63) is 11.6 Å². The Labute approximate surface area is 369 Å². The molecule has 4 saturated carbocycles. The maximum atomic E-state index is 12.5. The molecule has 9 rings (SSSR count). The third kappa shape index (κ3) is 7.03. The molecule has 5 heterocycles. The maximum Gasteiger partial charge on any atom is 0.187 e. The zero-order chi connectivity index (χ0) is 45.4. The standard InChI is InChI=1S/C46H74O17/c1-21(2)14-22-16-58-46-19-45(20-59-46)24-8-9-28-41(3,4)29(11-12-42(28,5)23(24)10-13-43(45,6)40(46)44(22,7)55)62-39-35(54)32(51)36(63-39)27(61-37-33(52)30(49)25(48)17-56-37)18-57-38-34(53)31(50)26(15-47)60-38/h14,22-40,47-55H,8-13,15-20H2,1-7H3. The predicted octanol–water partition coefficient (Wildman–Crippen LogP) is 0.463. The summed E-state index contributed by atoms with van der Waals surface area (Å²) in [5.41, 5.74) is -0.488. The molecular weight excluding hydrogens is 824 g/mol. The zero-order valence-electron chi connectivity index (χ0n) is 37.8. The van der Waals surface area contributed by atoms with E-state index in [2.05, 4.69) is 47.6 Å². The molecule has 0 amide bonds. The summed E-state index contributed by atoms with van der Waals surface area (Å²) in [5, 5.41) is 97.0. The first-order valence-corrected chi connectivity index (χ1v) is 23.4. The summed E-state index contributed by atoms with van der Waals surface area (Å²) in [7, 11) is 0. The van der Waals surface area contributed by atoms with E-state index in [1.54, 1.807) is 0 Å². The molecule has 0 radical (unpaired) electrons. The Hall–Kier alpha value is -0.940. The van der Waals surface area contributed by atoms with Crippen LogP contribution < -0.4 is 0 Å². The fourth-order valence-electron chi connectivity index (χ4n) is 15.5. The van der Waals surface area contributed by atoms with Gasteiger partial charge in [0.1, 0.15) is 61.0 Å². The second kappa shape index (κ2) is 16.4. The van der Waals surface area contributed by atoms with Crippen LogP contribution in [-0.2, 0) is 37.9 Å². The number of rotatable bonds is 10.